The highest BCUT2D eigenvalue weighted by Crippen LogP contribution is 2.28. The number of nitrogens with one attached hydrogen (secondary N) is 1. The average molecular weight is 281 g/mol. The predicted octanol–water partition coefficient (Wildman–Crippen LogP) is 2.00. The molecule has 1 unspecified atom stereocenters. The van der Waals surface area contributed by atoms with Gasteiger partial charge in [-0.1, -0.05) is 12.1 Å². The van der Waals surface area contributed by atoms with Gasteiger partial charge in [-0.15, -0.1) is 11.3 Å². The van der Waals surface area contributed by atoms with Crippen LogP contribution in [-0.2, 0) is 6.54 Å². The molecule has 0 aliphatic carbocycles. The summed E-state index contributed by atoms with van der Waals surface area (Å²) in [6, 6.07) is 8.75. The topological polar surface area (TPSA) is 52.5 Å². The Bertz CT molecular complexity index is 516. The van der Waals surface area contributed by atoms with Crippen LogP contribution in [0.25, 0.3) is 10.4 Å². The summed E-state index contributed by atoms with van der Waals surface area (Å²) >= 11 is 1.50. The predicted molar refractivity (Wildman–Crippen MR) is 74.5 cm³/mol. The quantitative estimate of drug-likeness (QED) is 0.759. The molecule has 0 fully saturated rings. The normalized spacial score (nSPS) is 12.6. The summed E-state index contributed by atoms with van der Waals surface area (Å²) in [5.41, 5.74) is 1.53. The minimum Gasteiger partial charge on any atom is -0.394 e. The molecule has 0 saturated carbocycles. The molecule has 0 saturated heterocycles. The van der Waals surface area contributed by atoms with Crippen molar-refractivity contribution in [1.29, 1.82) is 0 Å². The lowest BCUT2D eigenvalue weighted by molar-refractivity contribution is 0.0942. The van der Waals surface area contributed by atoms with E-state index in [1.54, 1.807) is 12.1 Å². The summed E-state index contributed by atoms with van der Waals surface area (Å²) in [5.74, 6) is -0.235. The standard InChI is InChI=1S/C14H16FNO2S/c15-13-4-3-10(7-16-8-11(18)9-17)6-12(13)14-2-1-5-19-14/h1-6,11,16-18H,7-9H2. The van der Waals surface area contributed by atoms with Gasteiger partial charge in [0.15, 0.2) is 0 Å². The monoisotopic (exact) mass is 281 g/mol. The van der Waals surface area contributed by atoms with Crippen molar-refractivity contribution in [2.75, 3.05) is 13.2 Å². The van der Waals surface area contributed by atoms with Crippen LogP contribution in [0.2, 0.25) is 0 Å². The Kier molecular flexibility index (Phi) is 5.04. The summed E-state index contributed by atoms with van der Waals surface area (Å²) < 4.78 is 13.8. The van der Waals surface area contributed by atoms with Gasteiger partial charge in [0.1, 0.15) is 5.82 Å². The van der Waals surface area contributed by atoms with Crippen LogP contribution in [0.15, 0.2) is 35.7 Å². The number of hydrogen-bond acceptors (Lipinski definition) is 4. The Morgan fingerprint density at radius 1 is 1.32 bits per heavy atom. The van der Waals surface area contributed by atoms with E-state index in [-0.39, 0.29) is 12.4 Å². The molecule has 0 spiro atoms. The number of thiophene rings is 1. The van der Waals surface area contributed by atoms with E-state index in [9.17, 15) is 9.50 Å². The van der Waals surface area contributed by atoms with Crippen LogP contribution in [0, 0.1) is 5.82 Å². The van der Waals surface area contributed by atoms with Gasteiger partial charge in [0.25, 0.3) is 0 Å². The van der Waals surface area contributed by atoms with Gasteiger partial charge in [0.05, 0.1) is 12.7 Å². The lowest BCUT2D eigenvalue weighted by Gasteiger charge is -2.10. The number of hydrogen-bond donors (Lipinski definition) is 3. The van der Waals surface area contributed by atoms with Crippen LogP contribution in [0.5, 0.6) is 0 Å². The van der Waals surface area contributed by atoms with Crippen LogP contribution in [-0.4, -0.2) is 29.5 Å². The van der Waals surface area contributed by atoms with Gasteiger partial charge in [-0.2, -0.15) is 0 Å². The molecule has 2 rings (SSSR count). The summed E-state index contributed by atoms with van der Waals surface area (Å²) in [5, 5.41) is 22.8. The highest BCUT2D eigenvalue weighted by molar-refractivity contribution is 7.13. The maximum atomic E-state index is 13.8. The van der Waals surface area contributed by atoms with Crippen LogP contribution in [0.3, 0.4) is 0 Å². The third kappa shape index (κ3) is 3.84. The molecular weight excluding hydrogens is 265 g/mol. The highest BCUT2D eigenvalue weighted by atomic mass is 32.1. The van der Waals surface area contributed by atoms with Crippen LogP contribution in [0.1, 0.15) is 5.56 Å². The second-order valence-corrected chi connectivity index (χ2v) is 5.21. The van der Waals surface area contributed by atoms with Gasteiger partial charge in [-0.3, -0.25) is 0 Å². The van der Waals surface area contributed by atoms with Crippen LogP contribution >= 0.6 is 11.3 Å². The number of halogens is 1. The summed E-state index contributed by atoms with van der Waals surface area (Å²) in [6.07, 6.45) is -0.766. The first-order valence-electron chi connectivity index (χ1n) is 6.02. The van der Waals surface area contributed by atoms with E-state index in [0.717, 1.165) is 10.4 Å². The second-order valence-electron chi connectivity index (χ2n) is 4.26. The number of aliphatic hydroxyl groups excluding tert-OH is 2. The minimum atomic E-state index is -0.766. The van der Waals surface area contributed by atoms with E-state index < -0.39 is 6.10 Å². The number of benzene rings is 1. The van der Waals surface area contributed by atoms with E-state index in [1.165, 1.54) is 17.4 Å². The van der Waals surface area contributed by atoms with Crippen molar-refractivity contribution >= 4 is 11.3 Å². The molecule has 3 N–H and O–H groups in total. The van der Waals surface area contributed by atoms with Crippen molar-refractivity contribution < 1.29 is 14.6 Å². The molecule has 3 nitrogen and oxygen atoms in total. The summed E-state index contributed by atoms with van der Waals surface area (Å²) in [7, 11) is 0. The molecule has 0 aliphatic heterocycles. The molecule has 2 aromatic rings. The first-order chi connectivity index (χ1) is 9.20. The second kappa shape index (κ2) is 6.77. The Balaban J connectivity index is 2.05. The Labute approximate surface area is 115 Å². The van der Waals surface area contributed by atoms with E-state index >= 15 is 0 Å². The fourth-order valence-electron chi connectivity index (χ4n) is 1.75. The van der Waals surface area contributed by atoms with E-state index in [1.807, 2.05) is 17.5 Å². The Hall–Kier alpha value is -1.27. The Morgan fingerprint density at radius 3 is 2.84 bits per heavy atom. The fourth-order valence-corrected chi connectivity index (χ4v) is 2.49. The molecule has 1 atom stereocenters. The molecule has 1 aromatic heterocycles. The third-order valence-electron chi connectivity index (χ3n) is 2.74. The maximum absolute atomic E-state index is 13.8. The maximum Gasteiger partial charge on any atom is 0.131 e. The fraction of sp³-hybridized carbons (Fsp3) is 0.286. The molecule has 0 bridgehead atoms. The molecule has 1 heterocycles. The molecular formula is C14H16FNO2S. The van der Waals surface area contributed by atoms with Gasteiger partial charge in [0, 0.05) is 23.5 Å². The SMILES string of the molecule is OCC(O)CNCc1ccc(F)c(-c2cccs2)c1. The lowest BCUT2D eigenvalue weighted by atomic mass is 10.1. The van der Waals surface area contributed by atoms with Gasteiger partial charge in [-0.25, -0.2) is 4.39 Å². The van der Waals surface area contributed by atoms with E-state index in [4.69, 9.17) is 5.11 Å². The van der Waals surface area contributed by atoms with Gasteiger partial charge >= 0.3 is 0 Å². The van der Waals surface area contributed by atoms with Crippen molar-refractivity contribution in [3.05, 3.63) is 47.1 Å². The van der Waals surface area contributed by atoms with Crippen LogP contribution < -0.4 is 5.32 Å². The van der Waals surface area contributed by atoms with E-state index in [2.05, 4.69) is 5.32 Å². The summed E-state index contributed by atoms with van der Waals surface area (Å²) in [4.78, 5) is 0.898. The molecule has 19 heavy (non-hydrogen) atoms. The number of aliphatic hydroxyl groups is 2. The molecule has 0 amide bonds. The van der Waals surface area contributed by atoms with E-state index in [0.29, 0.717) is 18.7 Å². The van der Waals surface area contributed by atoms with Gasteiger partial charge in [0.2, 0.25) is 0 Å². The largest absolute Gasteiger partial charge is 0.394 e. The van der Waals surface area contributed by atoms with Crippen molar-refractivity contribution in [3.8, 4) is 10.4 Å². The molecule has 0 aliphatic rings. The number of rotatable bonds is 6. The minimum absolute atomic E-state index is 0.235. The van der Waals surface area contributed by atoms with Crippen LogP contribution in [0.4, 0.5) is 4.39 Å². The Morgan fingerprint density at radius 2 is 2.16 bits per heavy atom. The molecule has 102 valence electrons. The average Bonchev–Trinajstić information content (AvgIpc) is 2.94. The van der Waals surface area contributed by atoms with Gasteiger partial charge < -0.3 is 15.5 Å². The van der Waals surface area contributed by atoms with Crippen molar-refractivity contribution in [3.63, 3.8) is 0 Å². The first kappa shape index (κ1) is 14.1. The van der Waals surface area contributed by atoms with Crippen molar-refractivity contribution in [2.24, 2.45) is 0 Å². The molecule has 0 radical (unpaired) electrons. The van der Waals surface area contributed by atoms with Crippen molar-refractivity contribution in [1.82, 2.24) is 5.32 Å². The molecule has 1 aromatic carbocycles. The molecule has 5 heteroatoms. The van der Waals surface area contributed by atoms with Crippen molar-refractivity contribution in [2.45, 2.75) is 12.6 Å². The summed E-state index contributed by atoms with van der Waals surface area (Å²) in [6.45, 7) is 0.564. The highest BCUT2D eigenvalue weighted by Gasteiger charge is 2.07. The lowest BCUT2D eigenvalue weighted by Crippen LogP contribution is -2.28. The van der Waals surface area contributed by atoms with Gasteiger partial charge in [-0.05, 0) is 29.1 Å². The first-order valence-corrected chi connectivity index (χ1v) is 6.90. The smallest absolute Gasteiger partial charge is 0.131 e. The zero-order chi connectivity index (χ0) is 13.7. The zero-order valence-corrected chi connectivity index (χ0v) is 11.2. The zero-order valence-electron chi connectivity index (χ0n) is 10.3. The third-order valence-corrected chi connectivity index (χ3v) is 3.64.